The Morgan fingerprint density at radius 2 is 2.32 bits per heavy atom. The van der Waals surface area contributed by atoms with Crippen molar-refractivity contribution in [2.45, 2.75) is 26.2 Å². The van der Waals surface area contributed by atoms with Gasteiger partial charge in [0, 0.05) is 31.6 Å². The van der Waals surface area contributed by atoms with Crippen LogP contribution in [0, 0.1) is 0 Å². The van der Waals surface area contributed by atoms with Gasteiger partial charge in [0.1, 0.15) is 6.61 Å². The van der Waals surface area contributed by atoms with E-state index in [0.717, 1.165) is 25.2 Å². The van der Waals surface area contributed by atoms with E-state index in [1.165, 1.54) is 31.2 Å². The van der Waals surface area contributed by atoms with Crippen LogP contribution >= 0.6 is 0 Å². The Kier molecular flexibility index (Phi) is 4.80. The van der Waals surface area contributed by atoms with E-state index in [2.05, 4.69) is 29.3 Å². The number of anilines is 2. The summed E-state index contributed by atoms with van der Waals surface area (Å²) in [5.41, 5.74) is 3.49. The third-order valence-electron chi connectivity index (χ3n) is 3.42. The number of rotatable bonds is 6. The number of amides is 1. The molecule has 0 unspecified atom stereocenters. The summed E-state index contributed by atoms with van der Waals surface area (Å²) in [7, 11) is 1.52. The second-order valence-corrected chi connectivity index (χ2v) is 4.92. The lowest BCUT2D eigenvalue weighted by molar-refractivity contribution is -0.119. The van der Waals surface area contributed by atoms with Gasteiger partial charge in [-0.3, -0.25) is 4.79 Å². The lowest BCUT2D eigenvalue weighted by atomic mass is 10.1. The number of benzene rings is 1. The minimum Gasteiger partial charge on any atom is -0.375 e. The smallest absolute Gasteiger partial charge is 0.250 e. The van der Waals surface area contributed by atoms with Crippen molar-refractivity contribution < 1.29 is 9.53 Å². The van der Waals surface area contributed by atoms with Crippen molar-refractivity contribution in [3.8, 4) is 0 Å². The summed E-state index contributed by atoms with van der Waals surface area (Å²) in [5.74, 6) is -0.111. The summed E-state index contributed by atoms with van der Waals surface area (Å²) in [4.78, 5) is 13.9. The average Bonchev–Trinajstić information content (AvgIpc) is 2.79. The predicted molar refractivity (Wildman–Crippen MR) is 77.8 cm³/mol. The molecule has 1 aliphatic rings. The molecule has 0 radical (unpaired) electrons. The van der Waals surface area contributed by atoms with Crippen molar-refractivity contribution >= 4 is 17.3 Å². The van der Waals surface area contributed by atoms with E-state index in [0.29, 0.717) is 0 Å². The van der Waals surface area contributed by atoms with Crippen LogP contribution in [-0.4, -0.2) is 32.7 Å². The minimum absolute atomic E-state index is 0.0939. The van der Waals surface area contributed by atoms with Gasteiger partial charge in [-0.1, -0.05) is 19.4 Å². The molecule has 19 heavy (non-hydrogen) atoms. The van der Waals surface area contributed by atoms with Gasteiger partial charge in [-0.15, -0.1) is 0 Å². The molecule has 1 amide bonds. The Labute approximate surface area is 114 Å². The predicted octanol–water partition coefficient (Wildman–Crippen LogP) is 2.43. The molecule has 1 aromatic carbocycles. The average molecular weight is 262 g/mol. The van der Waals surface area contributed by atoms with Crippen molar-refractivity contribution in [1.29, 1.82) is 0 Å². The maximum atomic E-state index is 11.5. The van der Waals surface area contributed by atoms with Gasteiger partial charge in [-0.2, -0.15) is 0 Å². The fraction of sp³-hybridized carbons (Fsp3) is 0.533. The first-order chi connectivity index (χ1) is 9.24. The van der Waals surface area contributed by atoms with E-state index in [-0.39, 0.29) is 12.5 Å². The zero-order valence-corrected chi connectivity index (χ0v) is 11.7. The molecule has 0 spiro atoms. The van der Waals surface area contributed by atoms with Gasteiger partial charge in [0.15, 0.2) is 0 Å². The number of hydrogen-bond acceptors (Lipinski definition) is 3. The molecule has 1 aromatic rings. The molecule has 4 nitrogen and oxygen atoms in total. The fourth-order valence-electron chi connectivity index (χ4n) is 2.43. The van der Waals surface area contributed by atoms with E-state index in [9.17, 15) is 4.79 Å². The number of nitrogens with zero attached hydrogens (tertiary/aromatic N) is 1. The third kappa shape index (κ3) is 3.47. The number of carbonyl (C=O) groups excluding carboxylic acids is 1. The summed E-state index contributed by atoms with van der Waals surface area (Å²) in [6.07, 6.45) is 3.52. The molecule has 0 aromatic heterocycles. The Hall–Kier alpha value is -1.55. The topological polar surface area (TPSA) is 41.6 Å². The molecular weight excluding hydrogens is 240 g/mol. The summed E-state index contributed by atoms with van der Waals surface area (Å²) in [6.45, 7) is 4.48. The normalized spacial score (nSPS) is 13.5. The maximum absolute atomic E-state index is 11.5. The van der Waals surface area contributed by atoms with Gasteiger partial charge in [0.05, 0.1) is 0 Å². The van der Waals surface area contributed by atoms with Gasteiger partial charge in [0.2, 0.25) is 5.91 Å². The molecular formula is C15H22N2O2. The number of fused-ring (bicyclic) bond motifs is 1. The van der Waals surface area contributed by atoms with Gasteiger partial charge in [-0.25, -0.2) is 0 Å². The third-order valence-corrected chi connectivity index (χ3v) is 3.42. The van der Waals surface area contributed by atoms with Crippen molar-refractivity contribution in [2.24, 2.45) is 0 Å². The zero-order valence-electron chi connectivity index (χ0n) is 11.7. The van der Waals surface area contributed by atoms with Crippen LogP contribution in [0.25, 0.3) is 0 Å². The van der Waals surface area contributed by atoms with Gasteiger partial charge in [-0.05, 0) is 30.5 Å². The van der Waals surface area contributed by atoms with E-state index in [4.69, 9.17) is 4.74 Å². The Balaban J connectivity index is 2.07. The summed E-state index contributed by atoms with van der Waals surface area (Å²) >= 11 is 0. The molecule has 0 saturated carbocycles. The number of nitrogens with one attached hydrogen (secondary N) is 1. The Morgan fingerprint density at radius 3 is 3.05 bits per heavy atom. The monoisotopic (exact) mass is 262 g/mol. The lowest BCUT2D eigenvalue weighted by Gasteiger charge is -2.19. The molecule has 1 N–H and O–H groups in total. The number of methoxy groups -OCH3 is 1. The first-order valence-corrected chi connectivity index (χ1v) is 6.91. The number of unbranched alkanes of at least 4 members (excludes halogenated alkanes) is 1. The van der Waals surface area contributed by atoms with E-state index in [1.54, 1.807) is 0 Å². The summed E-state index contributed by atoms with van der Waals surface area (Å²) < 4.78 is 4.82. The molecule has 104 valence electrons. The molecule has 0 fully saturated rings. The first kappa shape index (κ1) is 13.9. The van der Waals surface area contributed by atoms with Crippen molar-refractivity contribution in [3.05, 3.63) is 23.8 Å². The van der Waals surface area contributed by atoms with Crippen LogP contribution in [0.2, 0.25) is 0 Å². The van der Waals surface area contributed by atoms with E-state index < -0.39 is 0 Å². The highest BCUT2D eigenvalue weighted by molar-refractivity contribution is 5.92. The first-order valence-electron chi connectivity index (χ1n) is 6.91. The standard InChI is InChI=1S/C15H22N2O2/c1-3-4-8-17-9-7-12-5-6-13(10-14(12)17)16-15(18)11-19-2/h5-6,10H,3-4,7-9,11H2,1-2H3,(H,16,18). The lowest BCUT2D eigenvalue weighted by Crippen LogP contribution is -2.22. The number of carbonyl (C=O) groups is 1. The van der Waals surface area contributed by atoms with Gasteiger partial charge >= 0.3 is 0 Å². The molecule has 0 saturated heterocycles. The second kappa shape index (κ2) is 6.57. The zero-order chi connectivity index (χ0) is 13.7. The van der Waals surface area contributed by atoms with Crippen molar-refractivity contribution in [3.63, 3.8) is 0 Å². The van der Waals surface area contributed by atoms with Crippen LogP contribution in [0.3, 0.4) is 0 Å². The van der Waals surface area contributed by atoms with Crippen LogP contribution in [0.4, 0.5) is 11.4 Å². The molecule has 1 heterocycles. The highest BCUT2D eigenvalue weighted by Crippen LogP contribution is 2.30. The number of hydrogen-bond donors (Lipinski definition) is 1. The Bertz CT molecular complexity index is 446. The highest BCUT2D eigenvalue weighted by atomic mass is 16.5. The SMILES string of the molecule is CCCCN1CCc2ccc(NC(=O)COC)cc21. The van der Waals surface area contributed by atoms with Crippen LogP contribution in [0.5, 0.6) is 0 Å². The molecule has 4 heteroatoms. The Morgan fingerprint density at radius 1 is 1.47 bits per heavy atom. The van der Waals surface area contributed by atoms with Gasteiger partial charge in [0.25, 0.3) is 0 Å². The van der Waals surface area contributed by atoms with Crippen LogP contribution < -0.4 is 10.2 Å². The van der Waals surface area contributed by atoms with Crippen molar-refractivity contribution in [1.82, 2.24) is 0 Å². The quantitative estimate of drug-likeness (QED) is 0.856. The summed E-state index contributed by atoms with van der Waals surface area (Å²) in [5, 5.41) is 2.86. The highest BCUT2D eigenvalue weighted by Gasteiger charge is 2.18. The second-order valence-electron chi connectivity index (χ2n) is 4.92. The molecule has 0 bridgehead atoms. The minimum atomic E-state index is -0.111. The molecule has 0 aliphatic carbocycles. The van der Waals surface area contributed by atoms with Gasteiger partial charge < -0.3 is 15.0 Å². The van der Waals surface area contributed by atoms with E-state index >= 15 is 0 Å². The largest absolute Gasteiger partial charge is 0.375 e. The van der Waals surface area contributed by atoms with Crippen LogP contribution in [-0.2, 0) is 16.0 Å². The van der Waals surface area contributed by atoms with E-state index in [1.807, 2.05) is 6.07 Å². The van der Waals surface area contributed by atoms with Crippen LogP contribution in [0.15, 0.2) is 18.2 Å². The molecule has 0 atom stereocenters. The fourth-order valence-corrected chi connectivity index (χ4v) is 2.43. The number of ether oxygens (including phenoxy) is 1. The van der Waals surface area contributed by atoms with Crippen molar-refractivity contribution in [2.75, 3.05) is 37.0 Å². The molecule has 2 rings (SSSR count). The maximum Gasteiger partial charge on any atom is 0.250 e. The summed E-state index contributed by atoms with van der Waals surface area (Å²) in [6, 6.07) is 6.16. The molecule has 1 aliphatic heterocycles. The van der Waals surface area contributed by atoms with Crippen LogP contribution in [0.1, 0.15) is 25.3 Å².